The fourth-order valence-electron chi connectivity index (χ4n) is 0. The highest BCUT2D eigenvalue weighted by molar-refractivity contribution is 4.93. The minimum absolute atomic E-state index is 1.00. The minimum Gasteiger partial charge on any atom is -0.377 e. The van der Waals surface area contributed by atoms with Crippen molar-refractivity contribution in [3.63, 3.8) is 0 Å². The maximum Gasteiger partial charge on any atom is 0.0905 e. The Balaban J connectivity index is 0. The van der Waals surface area contributed by atoms with Gasteiger partial charge in [0.25, 0.3) is 0 Å². The van der Waals surface area contributed by atoms with E-state index in [9.17, 15) is 0 Å². The fraction of sp³-hybridized carbons (Fsp3) is 0.222. The lowest BCUT2D eigenvalue weighted by Gasteiger charge is -1.44. The highest BCUT2D eigenvalue weighted by Crippen LogP contribution is 1.84. The molecule has 1 saturated heterocycles. The van der Waals surface area contributed by atoms with E-state index < -0.39 is 0 Å². The normalized spacial score (nSPS) is 9.73. The van der Waals surface area contributed by atoms with Gasteiger partial charge in [-0.2, -0.15) is 5.26 Å². The third kappa shape index (κ3) is 138. The molecule has 60 valence electrons. The number of ether oxygens (including phenoxy) is 1. The molecular formula is C9H13NO. The molecule has 2 heteroatoms. The molecule has 1 aliphatic rings. The van der Waals surface area contributed by atoms with Crippen molar-refractivity contribution < 1.29 is 4.74 Å². The summed E-state index contributed by atoms with van der Waals surface area (Å²) in [5.74, 6) is 0. The Bertz CT molecular complexity index is 133. The predicted molar refractivity (Wildman–Crippen MR) is 47.0 cm³/mol. The van der Waals surface area contributed by atoms with Crippen LogP contribution in [0.4, 0.5) is 0 Å². The van der Waals surface area contributed by atoms with Crippen molar-refractivity contribution in [1.82, 2.24) is 0 Å². The fourth-order valence-corrected chi connectivity index (χ4v) is 0. The largest absolute Gasteiger partial charge is 0.377 e. The van der Waals surface area contributed by atoms with Gasteiger partial charge in [-0.3, -0.25) is 0 Å². The van der Waals surface area contributed by atoms with Crippen LogP contribution in [0.2, 0.25) is 0 Å². The number of epoxide rings is 1. The zero-order valence-electron chi connectivity index (χ0n) is 6.62. The van der Waals surface area contributed by atoms with Gasteiger partial charge in [-0.15, -0.1) is 0 Å². The summed E-state index contributed by atoms with van der Waals surface area (Å²) in [5.41, 5.74) is 0. The lowest BCUT2D eigenvalue weighted by atomic mass is 10.6. The third-order valence-electron chi connectivity index (χ3n) is 0.462. The molecule has 0 aliphatic carbocycles. The minimum atomic E-state index is 1.00. The van der Waals surface area contributed by atoms with Gasteiger partial charge in [0.05, 0.1) is 19.3 Å². The van der Waals surface area contributed by atoms with E-state index in [1.807, 2.05) is 0 Å². The summed E-state index contributed by atoms with van der Waals surface area (Å²) in [6.45, 7) is 11.8. The first kappa shape index (κ1) is 12.4. The second kappa shape index (κ2) is 15.9. The van der Waals surface area contributed by atoms with Crippen LogP contribution in [0, 0.1) is 11.3 Å². The molecule has 0 aromatic heterocycles. The Hall–Kier alpha value is -1.33. The van der Waals surface area contributed by atoms with Crippen LogP contribution in [0.5, 0.6) is 0 Å². The topological polar surface area (TPSA) is 36.3 Å². The Morgan fingerprint density at radius 1 is 1.18 bits per heavy atom. The summed E-state index contributed by atoms with van der Waals surface area (Å²) in [7, 11) is 0. The van der Waals surface area contributed by atoms with Crippen molar-refractivity contribution in [1.29, 1.82) is 5.26 Å². The summed E-state index contributed by atoms with van der Waals surface area (Å²) in [6.07, 6.45) is 4.46. The van der Waals surface area contributed by atoms with E-state index in [2.05, 4.69) is 24.5 Å². The van der Waals surface area contributed by atoms with E-state index in [1.165, 1.54) is 6.08 Å². The van der Waals surface area contributed by atoms with Crippen LogP contribution in [0.25, 0.3) is 0 Å². The first-order valence-electron chi connectivity index (χ1n) is 3.15. The van der Waals surface area contributed by atoms with Crippen molar-refractivity contribution in [3.05, 3.63) is 38.0 Å². The molecule has 0 aromatic rings. The first-order valence-corrected chi connectivity index (χ1v) is 3.15. The SMILES string of the molecule is C1CO1.C=CC#N.C=CC=C. The van der Waals surface area contributed by atoms with Crippen LogP contribution < -0.4 is 0 Å². The summed E-state index contributed by atoms with van der Waals surface area (Å²) in [5, 5.41) is 7.51. The number of hydrogen-bond donors (Lipinski definition) is 0. The maximum atomic E-state index is 7.51. The number of hydrogen-bond acceptors (Lipinski definition) is 2. The molecule has 1 rings (SSSR count). The maximum absolute atomic E-state index is 7.51. The molecule has 0 amide bonds. The quantitative estimate of drug-likeness (QED) is 0.327. The van der Waals surface area contributed by atoms with Gasteiger partial charge in [0.15, 0.2) is 0 Å². The molecule has 0 N–H and O–H groups in total. The van der Waals surface area contributed by atoms with Crippen molar-refractivity contribution in [2.24, 2.45) is 0 Å². The average Bonchev–Trinajstić information content (AvgIpc) is 2.90. The first-order chi connectivity index (χ1) is 5.33. The number of allylic oxidation sites excluding steroid dienone is 3. The number of nitrogens with zero attached hydrogens (tertiary/aromatic N) is 1. The zero-order valence-corrected chi connectivity index (χ0v) is 6.62. The number of nitriles is 1. The second-order valence-electron chi connectivity index (χ2n) is 1.42. The summed E-state index contributed by atoms with van der Waals surface area (Å²) in [4.78, 5) is 0. The predicted octanol–water partition coefficient (Wildman–Crippen LogP) is 2.07. The number of rotatable bonds is 1. The molecule has 1 heterocycles. The van der Waals surface area contributed by atoms with Crippen LogP contribution in [0.15, 0.2) is 38.0 Å². The summed E-state index contributed by atoms with van der Waals surface area (Å²) < 4.78 is 4.50. The van der Waals surface area contributed by atoms with Crippen molar-refractivity contribution >= 4 is 0 Å². The van der Waals surface area contributed by atoms with Gasteiger partial charge in [0, 0.05) is 6.08 Å². The van der Waals surface area contributed by atoms with Crippen LogP contribution in [0.1, 0.15) is 0 Å². The molecule has 0 aromatic carbocycles. The van der Waals surface area contributed by atoms with E-state index in [0.29, 0.717) is 0 Å². The highest BCUT2D eigenvalue weighted by atomic mass is 16.6. The van der Waals surface area contributed by atoms with Crippen LogP contribution in [-0.2, 0) is 4.74 Å². The van der Waals surface area contributed by atoms with Crippen molar-refractivity contribution in [2.45, 2.75) is 0 Å². The summed E-state index contributed by atoms with van der Waals surface area (Å²) >= 11 is 0. The zero-order chi connectivity index (χ0) is 8.95. The Kier molecular flexibility index (Phi) is 17.8. The van der Waals surface area contributed by atoms with Gasteiger partial charge in [-0.05, 0) is 0 Å². The monoisotopic (exact) mass is 151 g/mol. The molecule has 0 spiro atoms. The molecule has 1 fully saturated rings. The molecule has 0 bridgehead atoms. The lowest BCUT2D eigenvalue weighted by molar-refractivity contribution is 0.475. The molecular weight excluding hydrogens is 138 g/mol. The molecule has 0 unspecified atom stereocenters. The van der Waals surface area contributed by atoms with E-state index in [1.54, 1.807) is 18.2 Å². The Morgan fingerprint density at radius 2 is 1.45 bits per heavy atom. The van der Waals surface area contributed by atoms with Crippen LogP contribution >= 0.6 is 0 Å². The summed E-state index contributed by atoms with van der Waals surface area (Å²) in [6, 6.07) is 1.69. The molecule has 0 saturated carbocycles. The Morgan fingerprint density at radius 3 is 1.45 bits per heavy atom. The highest BCUT2D eigenvalue weighted by Gasteiger charge is 1.94. The van der Waals surface area contributed by atoms with Gasteiger partial charge in [-0.25, -0.2) is 0 Å². The van der Waals surface area contributed by atoms with Gasteiger partial charge in [0.1, 0.15) is 0 Å². The smallest absolute Gasteiger partial charge is 0.0905 e. The van der Waals surface area contributed by atoms with Gasteiger partial charge in [-0.1, -0.05) is 31.9 Å². The molecule has 0 atom stereocenters. The van der Waals surface area contributed by atoms with E-state index >= 15 is 0 Å². The van der Waals surface area contributed by atoms with Crippen molar-refractivity contribution in [3.8, 4) is 6.07 Å². The van der Waals surface area contributed by atoms with Crippen LogP contribution in [-0.4, -0.2) is 13.2 Å². The van der Waals surface area contributed by atoms with Gasteiger partial charge < -0.3 is 4.74 Å². The van der Waals surface area contributed by atoms with Crippen LogP contribution in [0.3, 0.4) is 0 Å². The Labute approximate surface area is 68.1 Å². The molecule has 2 nitrogen and oxygen atoms in total. The standard InChI is InChI=1S/C4H6.C3H3N.C2H4O/c1-3-4-2;1-2-3-4;1-2-3-1/h3-4H,1-2H2;2H,1H2;1-2H2. The van der Waals surface area contributed by atoms with E-state index in [-0.39, 0.29) is 0 Å². The second-order valence-corrected chi connectivity index (χ2v) is 1.42. The van der Waals surface area contributed by atoms with Crippen molar-refractivity contribution in [2.75, 3.05) is 13.2 Å². The van der Waals surface area contributed by atoms with E-state index in [0.717, 1.165) is 13.2 Å². The third-order valence-corrected chi connectivity index (χ3v) is 0.462. The van der Waals surface area contributed by atoms with E-state index in [4.69, 9.17) is 5.26 Å². The van der Waals surface area contributed by atoms with Gasteiger partial charge >= 0.3 is 0 Å². The van der Waals surface area contributed by atoms with Gasteiger partial charge in [0.2, 0.25) is 0 Å². The molecule has 11 heavy (non-hydrogen) atoms. The average molecular weight is 151 g/mol. The molecule has 1 aliphatic heterocycles. The molecule has 0 radical (unpaired) electrons. The lowest BCUT2D eigenvalue weighted by Crippen LogP contribution is -1.23.